The maximum Gasteiger partial charge on any atom is 0.410 e. The normalized spacial score (nSPS) is 22.9. The third kappa shape index (κ3) is 9.89. The highest BCUT2D eigenvalue weighted by atomic mass is 16.6. The number of rotatable bonds is 6. The van der Waals surface area contributed by atoms with E-state index in [2.05, 4.69) is 14.7 Å². The first-order valence-electron chi connectivity index (χ1n) is 13.8. The van der Waals surface area contributed by atoms with Gasteiger partial charge in [0.25, 0.3) is 0 Å². The van der Waals surface area contributed by atoms with Crippen LogP contribution in [0.4, 0.5) is 4.79 Å². The van der Waals surface area contributed by atoms with Crippen molar-refractivity contribution in [3.63, 3.8) is 0 Å². The van der Waals surface area contributed by atoms with Crippen molar-refractivity contribution < 1.29 is 19.1 Å². The number of piperazine rings is 1. The summed E-state index contributed by atoms with van der Waals surface area (Å²) in [7, 11) is 0. The first-order chi connectivity index (χ1) is 16.4. The van der Waals surface area contributed by atoms with E-state index in [1.807, 2.05) is 46.4 Å². The largest absolute Gasteiger partial charge is 0.459 e. The zero-order chi connectivity index (χ0) is 25.6. The molecule has 0 aromatic carbocycles. The zero-order valence-corrected chi connectivity index (χ0v) is 23.2. The molecule has 3 aliphatic rings. The van der Waals surface area contributed by atoms with Crippen LogP contribution in [0.15, 0.2) is 0 Å². The molecular formula is C27H50N4O4. The van der Waals surface area contributed by atoms with Crippen molar-refractivity contribution in [3.05, 3.63) is 0 Å². The van der Waals surface area contributed by atoms with E-state index in [0.29, 0.717) is 18.5 Å². The highest BCUT2D eigenvalue weighted by molar-refractivity contribution is 5.72. The fourth-order valence-corrected chi connectivity index (χ4v) is 5.45. The molecule has 202 valence electrons. The number of carbonyl (C=O) groups excluding carboxylic acids is 2. The van der Waals surface area contributed by atoms with Gasteiger partial charge in [-0.2, -0.15) is 0 Å². The highest BCUT2D eigenvalue weighted by Crippen LogP contribution is 2.24. The molecule has 8 heteroatoms. The van der Waals surface area contributed by atoms with Gasteiger partial charge in [0.15, 0.2) is 0 Å². The summed E-state index contributed by atoms with van der Waals surface area (Å²) in [5.74, 6) is 0.598. The number of esters is 1. The van der Waals surface area contributed by atoms with E-state index in [-0.39, 0.29) is 12.1 Å². The van der Waals surface area contributed by atoms with Crippen molar-refractivity contribution in [2.24, 2.45) is 5.92 Å². The van der Waals surface area contributed by atoms with Gasteiger partial charge >= 0.3 is 12.1 Å². The molecule has 3 aliphatic heterocycles. The summed E-state index contributed by atoms with van der Waals surface area (Å²) in [5.41, 5.74) is -0.834. The summed E-state index contributed by atoms with van der Waals surface area (Å²) in [5, 5.41) is 0. The van der Waals surface area contributed by atoms with E-state index in [4.69, 9.17) is 9.47 Å². The lowest BCUT2D eigenvalue weighted by atomic mass is 9.93. The number of piperidine rings is 2. The molecule has 0 N–H and O–H groups in total. The van der Waals surface area contributed by atoms with Crippen molar-refractivity contribution >= 4 is 12.1 Å². The molecule has 0 radical (unpaired) electrons. The quantitative estimate of drug-likeness (QED) is 0.524. The van der Waals surface area contributed by atoms with Crippen molar-refractivity contribution in [2.45, 2.75) is 90.9 Å². The smallest absolute Gasteiger partial charge is 0.410 e. The molecular weight excluding hydrogens is 444 g/mol. The van der Waals surface area contributed by atoms with Crippen LogP contribution < -0.4 is 0 Å². The number of nitrogens with zero attached hydrogens (tertiary/aromatic N) is 4. The molecule has 0 atom stereocenters. The highest BCUT2D eigenvalue weighted by Gasteiger charge is 2.30. The zero-order valence-electron chi connectivity index (χ0n) is 23.2. The van der Waals surface area contributed by atoms with Crippen LogP contribution in [0.2, 0.25) is 0 Å². The third-order valence-corrected chi connectivity index (χ3v) is 7.37. The standard InChI is InChI=1S/C27H50N4O4/c1-26(2,3)34-24(32)21-29-13-10-23(11-14-29)30-19-17-28(18-20-30)12-7-22-8-15-31(16-9-22)25(33)35-27(4,5)6/h22-23H,7-21H2,1-6H3. The maximum atomic E-state index is 12.3. The number of ether oxygens (including phenoxy) is 2. The van der Waals surface area contributed by atoms with Crippen LogP contribution in [0.3, 0.4) is 0 Å². The molecule has 0 spiro atoms. The Kier molecular flexibility index (Phi) is 9.86. The van der Waals surface area contributed by atoms with Crippen LogP contribution >= 0.6 is 0 Å². The molecule has 3 saturated heterocycles. The van der Waals surface area contributed by atoms with E-state index in [9.17, 15) is 9.59 Å². The average molecular weight is 495 g/mol. The van der Waals surface area contributed by atoms with Crippen LogP contribution in [0.5, 0.6) is 0 Å². The van der Waals surface area contributed by atoms with Gasteiger partial charge in [-0.25, -0.2) is 4.79 Å². The Morgan fingerprint density at radius 2 is 1.29 bits per heavy atom. The number of likely N-dealkylation sites (tertiary alicyclic amines) is 2. The molecule has 0 aliphatic carbocycles. The third-order valence-electron chi connectivity index (χ3n) is 7.37. The van der Waals surface area contributed by atoms with Gasteiger partial charge in [0.1, 0.15) is 11.2 Å². The molecule has 3 heterocycles. The first kappa shape index (κ1) is 28.2. The van der Waals surface area contributed by atoms with Gasteiger partial charge in [0.05, 0.1) is 6.54 Å². The Morgan fingerprint density at radius 3 is 1.83 bits per heavy atom. The lowest BCUT2D eigenvalue weighted by Gasteiger charge is -2.43. The molecule has 3 fully saturated rings. The van der Waals surface area contributed by atoms with E-state index in [0.717, 1.165) is 78.0 Å². The van der Waals surface area contributed by atoms with Gasteiger partial charge in [-0.05, 0) is 86.1 Å². The van der Waals surface area contributed by atoms with Crippen molar-refractivity contribution in [1.82, 2.24) is 19.6 Å². The Hall–Kier alpha value is -1.38. The summed E-state index contributed by atoms with van der Waals surface area (Å²) in [6, 6.07) is 0.643. The van der Waals surface area contributed by atoms with Crippen LogP contribution in [-0.2, 0) is 14.3 Å². The summed E-state index contributed by atoms with van der Waals surface area (Å²) in [6.07, 6.45) is 5.51. The van der Waals surface area contributed by atoms with Gasteiger partial charge in [0.2, 0.25) is 0 Å². The molecule has 8 nitrogen and oxygen atoms in total. The van der Waals surface area contributed by atoms with Gasteiger partial charge in [-0.15, -0.1) is 0 Å². The second-order valence-electron chi connectivity index (χ2n) is 12.7. The number of hydrogen-bond acceptors (Lipinski definition) is 7. The maximum absolute atomic E-state index is 12.3. The monoisotopic (exact) mass is 494 g/mol. The Morgan fingerprint density at radius 1 is 0.714 bits per heavy atom. The number of hydrogen-bond donors (Lipinski definition) is 0. The second kappa shape index (κ2) is 12.2. The molecule has 35 heavy (non-hydrogen) atoms. The van der Waals surface area contributed by atoms with Gasteiger partial charge in [-0.1, -0.05) is 0 Å². The molecule has 1 amide bonds. The number of amides is 1. The van der Waals surface area contributed by atoms with E-state index < -0.39 is 11.2 Å². The molecule has 0 unspecified atom stereocenters. The summed E-state index contributed by atoms with van der Waals surface area (Å²) >= 11 is 0. The van der Waals surface area contributed by atoms with Crippen LogP contribution in [0, 0.1) is 5.92 Å². The molecule has 0 bridgehead atoms. The fourth-order valence-electron chi connectivity index (χ4n) is 5.45. The van der Waals surface area contributed by atoms with Gasteiger partial charge in [0, 0.05) is 58.4 Å². The molecule has 3 rings (SSSR count). The molecule has 0 saturated carbocycles. The van der Waals surface area contributed by atoms with E-state index >= 15 is 0 Å². The first-order valence-corrected chi connectivity index (χ1v) is 13.8. The predicted octanol–water partition coefficient (Wildman–Crippen LogP) is 3.45. The van der Waals surface area contributed by atoms with Gasteiger partial charge < -0.3 is 19.3 Å². The predicted molar refractivity (Wildman–Crippen MR) is 138 cm³/mol. The minimum atomic E-state index is -0.423. The summed E-state index contributed by atoms with van der Waals surface area (Å²) < 4.78 is 11.0. The topological polar surface area (TPSA) is 65.6 Å². The average Bonchev–Trinajstić information content (AvgIpc) is 2.76. The Bertz CT molecular complexity index is 678. The second-order valence-corrected chi connectivity index (χ2v) is 12.7. The minimum absolute atomic E-state index is 0.111. The molecule has 0 aromatic heterocycles. The van der Waals surface area contributed by atoms with E-state index in [1.54, 1.807) is 0 Å². The van der Waals surface area contributed by atoms with Gasteiger partial charge in [-0.3, -0.25) is 14.6 Å². The van der Waals surface area contributed by atoms with Crippen LogP contribution in [0.1, 0.15) is 73.6 Å². The van der Waals surface area contributed by atoms with Crippen molar-refractivity contribution in [2.75, 3.05) is 65.4 Å². The van der Waals surface area contributed by atoms with Crippen molar-refractivity contribution in [1.29, 1.82) is 0 Å². The summed E-state index contributed by atoms with van der Waals surface area (Å²) in [6.45, 7) is 21.3. The van der Waals surface area contributed by atoms with Crippen LogP contribution in [-0.4, -0.2) is 114 Å². The number of carbonyl (C=O) groups is 2. The van der Waals surface area contributed by atoms with Crippen LogP contribution in [0.25, 0.3) is 0 Å². The molecule has 0 aromatic rings. The fraction of sp³-hybridized carbons (Fsp3) is 0.926. The summed E-state index contributed by atoms with van der Waals surface area (Å²) in [4.78, 5) is 33.8. The lowest BCUT2D eigenvalue weighted by Crippen LogP contribution is -2.53. The minimum Gasteiger partial charge on any atom is -0.459 e. The van der Waals surface area contributed by atoms with E-state index in [1.165, 1.54) is 13.0 Å². The Labute approximate surface area is 213 Å². The SMILES string of the molecule is CC(C)(C)OC(=O)CN1CCC(N2CCN(CCC3CCN(C(=O)OC(C)(C)C)CC3)CC2)CC1. The lowest BCUT2D eigenvalue weighted by molar-refractivity contribution is -0.156. The Balaban J connectivity index is 1.27. The van der Waals surface area contributed by atoms with Crippen molar-refractivity contribution in [3.8, 4) is 0 Å².